The van der Waals surface area contributed by atoms with E-state index in [0.717, 1.165) is 11.1 Å². The smallest absolute Gasteiger partial charge is 0.236 e. The van der Waals surface area contributed by atoms with Crippen LogP contribution in [0.3, 0.4) is 0 Å². The van der Waals surface area contributed by atoms with Crippen molar-refractivity contribution in [1.29, 1.82) is 0 Å². The third kappa shape index (κ3) is 4.35. The molecule has 2 aliphatic rings. The Balaban J connectivity index is 1.43. The summed E-state index contributed by atoms with van der Waals surface area (Å²) in [6.45, 7) is 8.71. The minimum atomic E-state index is -0.116. The van der Waals surface area contributed by atoms with Gasteiger partial charge in [-0.2, -0.15) is 0 Å². The molecule has 5 rings (SSSR count). The SMILES string of the molecule is CC(C)[C@@H]1N=C(c2cccc(C3=N[C@@H](C(C)C)[C@H](c4ccccc4)O3)n2)O[C@H]1c1ccccc1. The van der Waals surface area contributed by atoms with Crippen LogP contribution in [0.5, 0.6) is 0 Å². The number of ether oxygens (including phenoxy) is 2. The molecule has 0 aliphatic carbocycles. The van der Waals surface area contributed by atoms with E-state index in [1.165, 1.54) is 0 Å². The van der Waals surface area contributed by atoms with Crippen molar-refractivity contribution in [2.75, 3.05) is 0 Å². The zero-order valence-electron chi connectivity index (χ0n) is 20.1. The van der Waals surface area contributed by atoms with Gasteiger partial charge in [0.15, 0.2) is 0 Å². The second-order valence-corrected chi connectivity index (χ2v) is 9.64. The number of hydrogen-bond donors (Lipinski definition) is 0. The number of nitrogens with zero attached hydrogens (tertiary/aromatic N) is 3. The summed E-state index contributed by atoms with van der Waals surface area (Å²) in [5.41, 5.74) is 3.67. The van der Waals surface area contributed by atoms with Gasteiger partial charge in [0.25, 0.3) is 0 Å². The number of aliphatic imine (C=N–C) groups is 2. The molecule has 5 heteroatoms. The number of rotatable bonds is 6. The molecule has 174 valence electrons. The molecule has 0 unspecified atom stereocenters. The summed E-state index contributed by atoms with van der Waals surface area (Å²) >= 11 is 0. The average molecular weight is 454 g/mol. The summed E-state index contributed by atoms with van der Waals surface area (Å²) in [6.07, 6.45) is -0.232. The van der Waals surface area contributed by atoms with Gasteiger partial charge in [0.2, 0.25) is 11.8 Å². The monoisotopic (exact) mass is 453 g/mol. The van der Waals surface area contributed by atoms with Crippen molar-refractivity contribution in [3.05, 3.63) is 101 Å². The van der Waals surface area contributed by atoms with Gasteiger partial charge in [0.1, 0.15) is 23.6 Å². The second-order valence-electron chi connectivity index (χ2n) is 9.64. The molecule has 0 fully saturated rings. The highest BCUT2D eigenvalue weighted by Crippen LogP contribution is 2.36. The molecular weight excluding hydrogens is 422 g/mol. The van der Waals surface area contributed by atoms with Gasteiger partial charge in [-0.1, -0.05) is 94.4 Å². The van der Waals surface area contributed by atoms with Crippen molar-refractivity contribution in [3.8, 4) is 0 Å². The largest absolute Gasteiger partial charge is 0.466 e. The molecule has 0 spiro atoms. The Labute approximate surface area is 201 Å². The van der Waals surface area contributed by atoms with Gasteiger partial charge in [0.05, 0.1) is 12.1 Å². The standard InChI is InChI=1S/C29H31N3O2/c1-18(2)24-26(20-12-7-5-8-13-20)33-28(31-24)22-16-11-17-23(30-22)29-32-25(19(3)4)27(34-29)21-14-9-6-10-15-21/h5-19,24-27H,1-4H3/t24-,25-,26-,27-/m0/s1. The first kappa shape index (κ1) is 22.3. The van der Waals surface area contributed by atoms with Crippen molar-refractivity contribution in [3.63, 3.8) is 0 Å². The lowest BCUT2D eigenvalue weighted by Gasteiger charge is -2.20. The van der Waals surface area contributed by atoms with E-state index in [1.54, 1.807) is 0 Å². The Morgan fingerprint density at radius 2 is 0.971 bits per heavy atom. The van der Waals surface area contributed by atoms with Crippen molar-refractivity contribution in [2.45, 2.75) is 52.0 Å². The Morgan fingerprint density at radius 1 is 0.559 bits per heavy atom. The van der Waals surface area contributed by atoms with E-state index in [0.29, 0.717) is 35.0 Å². The molecule has 34 heavy (non-hydrogen) atoms. The van der Waals surface area contributed by atoms with E-state index < -0.39 is 0 Å². The van der Waals surface area contributed by atoms with Crippen LogP contribution in [0, 0.1) is 11.8 Å². The topological polar surface area (TPSA) is 56.1 Å². The predicted octanol–water partition coefficient (Wildman–Crippen LogP) is 6.17. The second kappa shape index (κ2) is 9.41. The highest BCUT2D eigenvalue weighted by Gasteiger charge is 2.37. The quantitative estimate of drug-likeness (QED) is 0.449. The molecule has 2 aromatic carbocycles. The van der Waals surface area contributed by atoms with Gasteiger partial charge in [-0.25, -0.2) is 15.0 Å². The van der Waals surface area contributed by atoms with E-state index in [1.807, 2.05) is 54.6 Å². The maximum absolute atomic E-state index is 6.38. The molecule has 0 amide bonds. The Kier molecular flexibility index (Phi) is 6.18. The summed E-state index contributed by atoms with van der Waals surface area (Å²) < 4.78 is 12.8. The summed E-state index contributed by atoms with van der Waals surface area (Å²) in [5.74, 6) is 1.83. The molecule has 0 N–H and O–H groups in total. The highest BCUT2D eigenvalue weighted by molar-refractivity contribution is 5.97. The van der Waals surface area contributed by atoms with Crippen LogP contribution in [0.25, 0.3) is 0 Å². The molecule has 0 saturated heterocycles. The summed E-state index contributed by atoms with van der Waals surface area (Å²) in [7, 11) is 0. The zero-order valence-corrected chi connectivity index (χ0v) is 20.1. The van der Waals surface area contributed by atoms with E-state index >= 15 is 0 Å². The van der Waals surface area contributed by atoms with Crippen LogP contribution in [0.2, 0.25) is 0 Å². The summed E-state index contributed by atoms with van der Waals surface area (Å²) in [5, 5.41) is 0. The Bertz CT molecular complexity index is 1100. The molecule has 2 aliphatic heterocycles. The number of pyridine rings is 1. The van der Waals surface area contributed by atoms with Crippen LogP contribution >= 0.6 is 0 Å². The Morgan fingerprint density at radius 3 is 1.35 bits per heavy atom. The van der Waals surface area contributed by atoms with E-state index in [4.69, 9.17) is 24.4 Å². The van der Waals surface area contributed by atoms with Crippen LogP contribution in [0.4, 0.5) is 0 Å². The molecule has 0 radical (unpaired) electrons. The molecule has 0 bridgehead atoms. The maximum Gasteiger partial charge on any atom is 0.236 e. The number of benzene rings is 2. The predicted molar refractivity (Wildman–Crippen MR) is 135 cm³/mol. The fourth-order valence-corrected chi connectivity index (χ4v) is 4.59. The third-order valence-corrected chi connectivity index (χ3v) is 6.44. The fraction of sp³-hybridized carbons (Fsp3) is 0.345. The van der Waals surface area contributed by atoms with Crippen molar-refractivity contribution < 1.29 is 9.47 Å². The zero-order chi connectivity index (χ0) is 23.7. The minimum absolute atomic E-state index is 0.0377. The molecule has 3 aromatic rings. The van der Waals surface area contributed by atoms with Crippen LogP contribution < -0.4 is 0 Å². The maximum atomic E-state index is 6.38. The van der Waals surface area contributed by atoms with Crippen LogP contribution in [-0.2, 0) is 9.47 Å². The van der Waals surface area contributed by atoms with Gasteiger partial charge >= 0.3 is 0 Å². The van der Waals surface area contributed by atoms with Crippen LogP contribution in [0.15, 0.2) is 88.8 Å². The molecular formula is C29H31N3O2. The molecule has 0 saturated carbocycles. The van der Waals surface area contributed by atoms with Crippen LogP contribution in [-0.4, -0.2) is 28.9 Å². The first-order valence-corrected chi connectivity index (χ1v) is 12.1. The highest BCUT2D eigenvalue weighted by atomic mass is 16.5. The summed E-state index contributed by atoms with van der Waals surface area (Å²) in [4.78, 5) is 14.7. The number of aromatic nitrogens is 1. The van der Waals surface area contributed by atoms with Gasteiger partial charge < -0.3 is 9.47 Å². The lowest BCUT2D eigenvalue weighted by molar-refractivity contribution is 0.174. The van der Waals surface area contributed by atoms with Crippen molar-refractivity contribution in [2.24, 2.45) is 21.8 Å². The molecule has 1 aromatic heterocycles. The lowest BCUT2D eigenvalue weighted by Crippen LogP contribution is -2.20. The normalized spacial score (nSPS) is 24.1. The van der Waals surface area contributed by atoms with Gasteiger partial charge in [-0.15, -0.1) is 0 Å². The van der Waals surface area contributed by atoms with Crippen molar-refractivity contribution >= 4 is 11.8 Å². The van der Waals surface area contributed by atoms with E-state index in [-0.39, 0.29) is 24.3 Å². The first-order valence-electron chi connectivity index (χ1n) is 12.1. The third-order valence-electron chi connectivity index (χ3n) is 6.44. The molecule has 4 atom stereocenters. The number of hydrogen-bond acceptors (Lipinski definition) is 5. The Hall–Kier alpha value is -3.47. The molecule has 3 heterocycles. The summed E-state index contributed by atoms with van der Waals surface area (Å²) in [6, 6.07) is 26.5. The molecule has 5 nitrogen and oxygen atoms in total. The van der Waals surface area contributed by atoms with E-state index in [2.05, 4.69) is 52.0 Å². The van der Waals surface area contributed by atoms with Gasteiger partial charge in [-0.3, -0.25) is 0 Å². The minimum Gasteiger partial charge on any atom is -0.466 e. The van der Waals surface area contributed by atoms with Gasteiger partial charge in [-0.05, 0) is 35.1 Å². The average Bonchev–Trinajstić information content (AvgIpc) is 3.51. The fourth-order valence-electron chi connectivity index (χ4n) is 4.59. The van der Waals surface area contributed by atoms with Crippen molar-refractivity contribution in [1.82, 2.24) is 4.98 Å². The van der Waals surface area contributed by atoms with Gasteiger partial charge in [0, 0.05) is 0 Å². The first-order chi connectivity index (χ1) is 16.5. The van der Waals surface area contributed by atoms with E-state index in [9.17, 15) is 0 Å². The lowest BCUT2D eigenvalue weighted by atomic mass is 9.94. The van der Waals surface area contributed by atoms with Crippen LogP contribution in [0.1, 0.15) is 62.4 Å².